The minimum atomic E-state index is -0.159. The highest BCUT2D eigenvalue weighted by Gasteiger charge is 2.44. The van der Waals surface area contributed by atoms with Gasteiger partial charge in [-0.2, -0.15) is 5.10 Å². The average Bonchev–Trinajstić information content (AvgIpc) is 2.73. The molecule has 1 aromatic rings. The normalized spacial score (nSPS) is 18.9. The van der Waals surface area contributed by atoms with Gasteiger partial charge in [-0.3, -0.25) is 16.0 Å². The summed E-state index contributed by atoms with van der Waals surface area (Å²) in [6, 6.07) is 0.0606. The molecule has 6 heteroatoms. The summed E-state index contributed by atoms with van der Waals surface area (Å²) < 4.78 is 7.71. The molecule has 114 valence electrons. The van der Waals surface area contributed by atoms with Crippen molar-refractivity contribution in [1.29, 1.82) is 0 Å². The first-order chi connectivity index (χ1) is 9.61. The number of nitrogens with one attached hydrogen (secondary N) is 1. The molecule has 1 heterocycles. The quantitative estimate of drug-likeness (QED) is 0.597. The molecule has 0 amide bonds. The summed E-state index contributed by atoms with van der Waals surface area (Å²) in [4.78, 5) is 0. The topological polar surface area (TPSA) is 65.1 Å². The van der Waals surface area contributed by atoms with Crippen molar-refractivity contribution < 1.29 is 4.74 Å². The van der Waals surface area contributed by atoms with Gasteiger partial charge in [0.25, 0.3) is 0 Å². The van der Waals surface area contributed by atoms with E-state index < -0.39 is 0 Å². The third-order valence-corrected chi connectivity index (χ3v) is 4.97. The van der Waals surface area contributed by atoms with Crippen LogP contribution < -0.4 is 11.3 Å². The van der Waals surface area contributed by atoms with E-state index in [9.17, 15) is 0 Å². The van der Waals surface area contributed by atoms with Crippen molar-refractivity contribution in [2.24, 2.45) is 5.84 Å². The Morgan fingerprint density at radius 2 is 2.20 bits per heavy atom. The highest BCUT2D eigenvalue weighted by molar-refractivity contribution is 6.31. The molecule has 1 saturated carbocycles. The van der Waals surface area contributed by atoms with E-state index in [1.807, 2.05) is 4.68 Å². The summed E-state index contributed by atoms with van der Waals surface area (Å²) in [5.41, 5.74) is 4.78. The molecule has 3 N–H and O–H groups in total. The van der Waals surface area contributed by atoms with E-state index in [4.69, 9.17) is 22.2 Å². The monoisotopic (exact) mass is 300 g/mol. The lowest BCUT2D eigenvalue weighted by Gasteiger charge is -2.46. The fourth-order valence-electron chi connectivity index (χ4n) is 3.02. The largest absolute Gasteiger partial charge is 0.377 e. The van der Waals surface area contributed by atoms with Crippen LogP contribution in [0.25, 0.3) is 0 Å². The summed E-state index contributed by atoms with van der Waals surface area (Å²) in [5, 5.41) is 5.34. The van der Waals surface area contributed by atoms with Crippen molar-refractivity contribution in [2.75, 3.05) is 7.11 Å². The zero-order valence-corrected chi connectivity index (χ0v) is 13.3. The SMILES string of the molecule is CCc1nn(CC)c(CC(NN)C2(OC)CCC2)c1Cl. The maximum absolute atomic E-state index is 6.47. The molecule has 1 aliphatic rings. The van der Waals surface area contributed by atoms with Gasteiger partial charge in [0.15, 0.2) is 0 Å². The molecule has 1 fully saturated rings. The molecule has 20 heavy (non-hydrogen) atoms. The number of hydrogen-bond acceptors (Lipinski definition) is 4. The van der Waals surface area contributed by atoms with Gasteiger partial charge in [-0.25, -0.2) is 0 Å². The molecule has 2 rings (SSSR count). The Bertz CT molecular complexity index is 451. The highest BCUT2D eigenvalue weighted by atomic mass is 35.5. The van der Waals surface area contributed by atoms with Gasteiger partial charge >= 0.3 is 0 Å². The van der Waals surface area contributed by atoms with Crippen LogP contribution in [0.4, 0.5) is 0 Å². The van der Waals surface area contributed by atoms with Crippen molar-refractivity contribution in [2.45, 2.75) is 64.1 Å². The minimum absolute atomic E-state index is 0.0606. The van der Waals surface area contributed by atoms with E-state index in [-0.39, 0.29) is 11.6 Å². The van der Waals surface area contributed by atoms with Crippen molar-refractivity contribution >= 4 is 11.6 Å². The maximum atomic E-state index is 6.47. The van der Waals surface area contributed by atoms with Gasteiger partial charge in [0, 0.05) is 20.1 Å². The van der Waals surface area contributed by atoms with Crippen molar-refractivity contribution in [3.05, 3.63) is 16.4 Å². The number of ether oxygens (including phenoxy) is 1. The Morgan fingerprint density at radius 1 is 1.50 bits per heavy atom. The van der Waals surface area contributed by atoms with Crippen LogP contribution in [0.15, 0.2) is 0 Å². The second kappa shape index (κ2) is 6.43. The molecule has 0 aromatic carbocycles. The van der Waals surface area contributed by atoms with Crippen molar-refractivity contribution in [3.63, 3.8) is 0 Å². The summed E-state index contributed by atoms with van der Waals surface area (Å²) >= 11 is 6.47. The number of nitrogens with two attached hydrogens (primary N) is 1. The number of nitrogens with zero attached hydrogens (tertiary/aromatic N) is 2. The number of aromatic nitrogens is 2. The lowest BCUT2D eigenvalue weighted by Crippen LogP contribution is -2.59. The van der Waals surface area contributed by atoms with Gasteiger partial charge in [0.2, 0.25) is 0 Å². The molecular weight excluding hydrogens is 276 g/mol. The highest BCUT2D eigenvalue weighted by Crippen LogP contribution is 2.39. The fourth-order valence-corrected chi connectivity index (χ4v) is 3.37. The molecule has 0 spiro atoms. The lowest BCUT2D eigenvalue weighted by molar-refractivity contribution is -0.0985. The molecule has 1 unspecified atom stereocenters. The number of hydrazine groups is 1. The van der Waals surface area contributed by atoms with E-state index in [1.54, 1.807) is 7.11 Å². The van der Waals surface area contributed by atoms with Crippen molar-refractivity contribution in [1.82, 2.24) is 15.2 Å². The van der Waals surface area contributed by atoms with Gasteiger partial charge in [-0.05, 0) is 32.6 Å². The van der Waals surface area contributed by atoms with Gasteiger partial charge < -0.3 is 4.74 Å². The van der Waals surface area contributed by atoms with Gasteiger partial charge in [0.05, 0.1) is 28.1 Å². The molecular formula is C14H25ClN4O. The second-order valence-electron chi connectivity index (χ2n) is 5.42. The molecule has 0 saturated heterocycles. The van der Waals surface area contributed by atoms with E-state index in [0.29, 0.717) is 0 Å². The van der Waals surface area contributed by atoms with Crippen LogP contribution in [0.5, 0.6) is 0 Å². The van der Waals surface area contributed by atoms with E-state index >= 15 is 0 Å². The molecule has 0 bridgehead atoms. The van der Waals surface area contributed by atoms with E-state index in [2.05, 4.69) is 24.4 Å². The predicted octanol–water partition coefficient (Wildman–Crippen LogP) is 2.06. The first-order valence-electron chi connectivity index (χ1n) is 7.37. The minimum Gasteiger partial charge on any atom is -0.377 e. The van der Waals surface area contributed by atoms with Gasteiger partial charge in [-0.1, -0.05) is 18.5 Å². The number of hydrogen-bond donors (Lipinski definition) is 2. The molecule has 1 aliphatic carbocycles. The lowest BCUT2D eigenvalue weighted by atomic mass is 9.73. The van der Waals surface area contributed by atoms with Crippen LogP contribution in [0.2, 0.25) is 5.02 Å². The summed E-state index contributed by atoms with van der Waals surface area (Å²) in [7, 11) is 1.76. The van der Waals surface area contributed by atoms with Crippen LogP contribution >= 0.6 is 11.6 Å². The van der Waals surface area contributed by atoms with Crippen LogP contribution in [0, 0.1) is 0 Å². The Hall–Kier alpha value is -0.620. The number of halogens is 1. The Kier molecular flexibility index (Phi) is 5.07. The standard InChI is InChI=1S/C14H25ClN4O/c1-4-10-13(15)11(19(5-2)18-10)9-12(17-16)14(20-3)7-6-8-14/h12,17H,4-9,16H2,1-3H3. The van der Waals surface area contributed by atoms with Crippen LogP contribution in [0.3, 0.4) is 0 Å². The van der Waals surface area contributed by atoms with E-state index in [1.165, 1.54) is 6.42 Å². The summed E-state index contributed by atoms with van der Waals surface area (Å²) in [6.07, 6.45) is 4.85. The first kappa shape index (κ1) is 15.8. The number of rotatable bonds is 7. The maximum Gasteiger partial charge on any atom is 0.0850 e. The van der Waals surface area contributed by atoms with Crippen LogP contribution in [-0.2, 0) is 24.1 Å². The zero-order valence-electron chi connectivity index (χ0n) is 12.6. The predicted molar refractivity (Wildman–Crippen MR) is 80.7 cm³/mol. The molecule has 0 aliphatic heterocycles. The Balaban J connectivity index is 2.25. The Labute approximate surface area is 125 Å². The molecule has 0 radical (unpaired) electrons. The molecule has 1 aromatic heterocycles. The number of methoxy groups -OCH3 is 1. The third kappa shape index (κ3) is 2.60. The second-order valence-corrected chi connectivity index (χ2v) is 5.80. The molecule has 1 atom stereocenters. The molecule has 5 nitrogen and oxygen atoms in total. The zero-order chi connectivity index (χ0) is 14.8. The summed E-state index contributed by atoms with van der Waals surface area (Å²) in [5.74, 6) is 5.77. The smallest absolute Gasteiger partial charge is 0.0850 e. The van der Waals surface area contributed by atoms with Crippen LogP contribution in [0.1, 0.15) is 44.5 Å². The third-order valence-electron chi connectivity index (χ3n) is 4.53. The first-order valence-corrected chi connectivity index (χ1v) is 7.75. The van der Waals surface area contributed by atoms with Gasteiger partial charge in [-0.15, -0.1) is 0 Å². The van der Waals surface area contributed by atoms with Crippen LogP contribution in [-0.4, -0.2) is 28.5 Å². The Morgan fingerprint density at radius 3 is 2.60 bits per heavy atom. The number of aryl methyl sites for hydroxylation is 2. The average molecular weight is 301 g/mol. The van der Waals surface area contributed by atoms with Gasteiger partial charge in [0.1, 0.15) is 0 Å². The van der Waals surface area contributed by atoms with E-state index in [0.717, 1.165) is 48.6 Å². The fraction of sp³-hybridized carbons (Fsp3) is 0.786. The van der Waals surface area contributed by atoms with Crippen molar-refractivity contribution in [3.8, 4) is 0 Å². The summed E-state index contributed by atoms with van der Waals surface area (Å²) in [6.45, 7) is 4.96.